The summed E-state index contributed by atoms with van der Waals surface area (Å²) in [6, 6.07) is 9.48. The Labute approximate surface area is 185 Å². The summed E-state index contributed by atoms with van der Waals surface area (Å²) in [5.74, 6) is 3.22. The predicted molar refractivity (Wildman–Crippen MR) is 121 cm³/mol. The van der Waals surface area contributed by atoms with Gasteiger partial charge in [0.2, 0.25) is 0 Å². The third kappa shape index (κ3) is 6.74. The molecule has 3 rings (SSSR count). The van der Waals surface area contributed by atoms with Crippen LogP contribution < -0.4 is 14.8 Å². The molecule has 1 fully saturated rings. The first kappa shape index (κ1) is 23.2. The van der Waals surface area contributed by atoms with E-state index in [0.29, 0.717) is 23.6 Å². The van der Waals surface area contributed by atoms with Crippen LogP contribution in [0.3, 0.4) is 0 Å². The van der Waals surface area contributed by atoms with E-state index in [-0.39, 0.29) is 12.0 Å². The molecule has 170 valence electrons. The Morgan fingerprint density at radius 2 is 1.90 bits per heavy atom. The zero-order valence-electron chi connectivity index (χ0n) is 19.1. The highest BCUT2D eigenvalue weighted by atomic mass is 16.5. The third-order valence-corrected chi connectivity index (χ3v) is 5.54. The van der Waals surface area contributed by atoms with Crippen molar-refractivity contribution in [2.75, 3.05) is 47.4 Å². The van der Waals surface area contributed by atoms with Crippen LogP contribution in [0.1, 0.15) is 41.6 Å². The Hall–Kier alpha value is -2.51. The maximum absolute atomic E-state index is 12.5. The van der Waals surface area contributed by atoms with E-state index in [0.717, 1.165) is 57.0 Å². The number of carbonyl (C=O) groups excluding carboxylic acids is 1. The number of nitrogens with one attached hydrogen (secondary N) is 1. The Morgan fingerprint density at radius 3 is 2.55 bits per heavy atom. The molecule has 1 aliphatic rings. The molecule has 0 saturated carbocycles. The van der Waals surface area contributed by atoms with Gasteiger partial charge in [0.15, 0.2) is 11.5 Å². The standard InChI is InChI=1S/C24H35N3O4/c1-5-19-7-8-21(30-19)17-27-13-10-20(11-14-27)31-23-16-18(6-9-22(23)29-4)24(28)25-12-15-26(2)3/h6-9,16,20H,5,10-15,17H2,1-4H3,(H,25,28). The zero-order valence-corrected chi connectivity index (χ0v) is 19.1. The van der Waals surface area contributed by atoms with Gasteiger partial charge in [0.25, 0.3) is 5.91 Å². The Kier molecular flexibility index (Phi) is 8.37. The van der Waals surface area contributed by atoms with Gasteiger partial charge in [-0.3, -0.25) is 9.69 Å². The number of likely N-dealkylation sites (N-methyl/N-ethyl adjacent to an activating group) is 1. The van der Waals surface area contributed by atoms with Gasteiger partial charge >= 0.3 is 0 Å². The summed E-state index contributed by atoms with van der Waals surface area (Å²) in [4.78, 5) is 16.9. The third-order valence-electron chi connectivity index (χ3n) is 5.54. The lowest BCUT2D eigenvalue weighted by Gasteiger charge is -2.31. The van der Waals surface area contributed by atoms with Crippen LogP contribution in [0.25, 0.3) is 0 Å². The Morgan fingerprint density at radius 1 is 1.16 bits per heavy atom. The maximum atomic E-state index is 12.5. The average molecular weight is 430 g/mol. The number of ether oxygens (including phenoxy) is 2. The largest absolute Gasteiger partial charge is 0.493 e. The lowest BCUT2D eigenvalue weighted by molar-refractivity contribution is 0.0894. The van der Waals surface area contributed by atoms with Crippen LogP contribution in [-0.2, 0) is 13.0 Å². The van der Waals surface area contributed by atoms with Gasteiger partial charge in [0, 0.05) is 38.2 Å². The summed E-state index contributed by atoms with van der Waals surface area (Å²) in [6.07, 6.45) is 2.86. The predicted octanol–water partition coefficient (Wildman–Crippen LogP) is 3.19. The van der Waals surface area contributed by atoms with Crippen molar-refractivity contribution < 1.29 is 18.7 Å². The Balaban J connectivity index is 1.54. The van der Waals surface area contributed by atoms with Crippen LogP contribution >= 0.6 is 0 Å². The van der Waals surface area contributed by atoms with Crippen molar-refractivity contribution in [3.8, 4) is 11.5 Å². The SMILES string of the molecule is CCc1ccc(CN2CCC(Oc3cc(C(=O)NCCN(C)C)ccc3OC)CC2)o1. The van der Waals surface area contributed by atoms with E-state index >= 15 is 0 Å². The van der Waals surface area contributed by atoms with Gasteiger partial charge in [-0.2, -0.15) is 0 Å². The van der Waals surface area contributed by atoms with E-state index in [4.69, 9.17) is 13.9 Å². The van der Waals surface area contributed by atoms with Crippen molar-refractivity contribution in [3.05, 3.63) is 47.4 Å². The minimum absolute atomic E-state index is 0.0972. The molecule has 1 aromatic heterocycles. The quantitative estimate of drug-likeness (QED) is 0.626. The number of carbonyl (C=O) groups is 1. The normalized spacial score (nSPS) is 15.3. The number of benzene rings is 1. The van der Waals surface area contributed by atoms with Gasteiger partial charge in [0.1, 0.15) is 17.6 Å². The molecule has 0 unspecified atom stereocenters. The molecule has 7 heteroatoms. The minimum Gasteiger partial charge on any atom is -0.493 e. The van der Waals surface area contributed by atoms with Crippen LogP contribution in [0, 0.1) is 0 Å². The molecule has 7 nitrogen and oxygen atoms in total. The molecule has 0 bridgehead atoms. The van der Waals surface area contributed by atoms with Crippen LogP contribution in [0.2, 0.25) is 0 Å². The van der Waals surface area contributed by atoms with Crippen molar-refractivity contribution in [3.63, 3.8) is 0 Å². The number of furan rings is 1. The van der Waals surface area contributed by atoms with Crippen LogP contribution in [0.15, 0.2) is 34.7 Å². The maximum Gasteiger partial charge on any atom is 0.251 e. The average Bonchev–Trinajstić information content (AvgIpc) is 3.22. The van der Waals surface area contributed by atoms with Gasteiger partial charge in [0.05, 0.1) is 13.7 Å². The molecule has 0 spiro atoms. The second kappa shape index (κ2) is 11.2. The molecule has 1 saturated heterocycles. The fourth-order valence-corrected chi connectivity index (χ4v) is 3.69. The van der Waals surface area contributed by atoms with E-state index in [9.17, 15) is 4.79 Å². The van der Waals surface area contributed by atoms with Crippen molar-refractivity contribution in [1.29, 1.82) is 0 Å². The van der Waals surface area contributed by atoms with E-state index in [2.05, 4.69) is 29.3 Å². The number of nitrogens with zero attached hydrogens (tertiary/aromatic N) is 2. The van der Waals surface area contributed by atoms with Gasteiger partial charge in [-0.05, 0) is 57.3 Å². The molecule has 1 amide bonds. The first-order chi connectivity index (χ1) is 15.0. The molecule has 0 aliphatic carbocycles. The van der Waals surface area contributed by atoms with E-state index in [1.54, 1.807) is 25.3 Å². The summed E-state index contributed by atoms with van der Waals surface area (Å²) in [5, 5.41) is 2.94. The van der Waals surface area contributed by atoms with E-state index in [1.807, 2.05) is 19.0 Å². The molecule has 1 aliphatic heterocycles. The topological polar surface area (TPSA) is 67.2 Å². The molecule has 2 heterocycles. The van der Waals surface area contributed by atoms with Crippen molar-refractivity contribution in [1.82, 2.24) is 15.1 Å². The number of rotatable bonds is 10. The first-order valence-corrected chi connectivity index (χ1v) is 11.1. The number of aryl methyl sites for hydroxylation is 1. The molecule has 2 aromatic rings. The highest BCUT2D eigenvalue weighted by molar-refractivity contribution is 5.94. The molecule has 0 atom stereocenters. The van der Waals surface area contributed by atoms with Gasteiger partial charge in [-0.1, -0.05) is 6.92 Å². The number of amides is 1. The highest BCUT2D eigenvalue weighted by Crippen LogP contribution is 2.31. The van der Waals surface area contributed by atoms with Gasteiger partial charge in [-0.25, -0.2) is 0 Å². The summed E-state index contributed by atoms with van der Waals surface area (Å²) in [5.41, 5.74) is 0.580. The van der Waals surface area contributed by atoms with Gasteiger partial charge in [-0.15, -0.1) is 0 Å². The Bertz CT molecular complexity index is 841. The van der Waals surface area contributed by atoms with Crippen molar-refractivity contribution in [2.45, 2.75) is 38.8 Å². The zero-order chi connectivity index (χ0) is 22.2. The molecule has 1 N–H and O–H groups in total. The second-order valence-corrected chi connectivity index (χ2v) is 8.24. The summed E-state index contributed by atoms with van der Waals surface area (Å²) < 4.78 is 17.6. The number of likely N-dealkylation sites (tertiary alicyclic amines) is 1. The molecule has 0 radical (unpaired) electrons. The fourth-order valence-electron chi connectivity index (χ4n) is 3.69. The molecular weight excluding hydrogens is 394 g/mol. The monoisotopic (exact) mass is 429 g/mol. The lowest BCUT2D eigenvalue weighted by Crippen LogP contribution is -2.37. The summed E-state index contributed by atoms with van der Waals surface area (Å²) in [6.45, 7) is 6.21. The smallest absolute Gasteiger partial charge is 0.251 e. The van der Waals surface area contributed by atoms with Gasteiger partial charge < -0.3 is 24.1 Å². The number of hydrogen-bond acceptors (Lipinski definition) is 6. The number of piperidine rings is 1. The van der Waals surface area contributed by atoms with Crippen molar-refractivity contribution >= 4 is 5.91 Å². The fraction of sp³-hybridized carbons (Fsp3) is 0.542. The van der Waals surface area contributed by atoms with Crippen LogP contribution in [-0.4, -0.2) is 69.2 Å². The highest BCUT2D eigenvalue weighted by Gasteiger charge is 2.23. The minimum atomic E-state index is -0.103. The molecular formula is C24H35N3O4. The lowest BCUT2D eigenvalue weighted by atomic mass is 10.1. The van der Waals surface area contributed by atoms with Crippen molar-refractivity contribution in [2.24, 2.45) is 0 Å². The van der Waals surface area contributed by atoms with Crippen LogP contribution in [0.5, 0.6) is 11.5 Å². The summed E-state index contributed by atoms with van der Waals surface area (Å²) >= 11 is 0. The summed E-state index contributed by atoms with van der Waals surface area (Å²) in [7, 11) is 5.58. The van der Waals surface area contributed by atoms with E-state index in [1.165, 1.54) is 0 Å². The van der Waals surface area contributed by atoms with Crippen LogP contribution in [0.4, 0.5) is 0 Å². The number of hydrogen-bond donors (Lipinski definition) is 1. The first-order valence-electron chi connectivity index (χ1n) is 11.1. The molecule has 1 aromatic carbocycles. The van der Waals surface area contributed by atoms with E-state index < -0.39 is 0 Å². The number of methoxy groups -OCH3 is 1. The molecule has 31 heavy (non-hydrogen) atoms. The second-order valence-electron chi connectivity index (χ2n) is 8.24.